The molecule has 0 fully saturated rings. The zero-order chi connectivity index (χ0) is 17.4. The third kappa shape index (κ3) is 2.86. The molecule has 0 unspecified atom stereocenters. The Bertz CT molecular complexity index is 812. The van der Waals surface area contributed by atoms with Crippen LogP contribution >= 0.6 is 0 Å². The average Bonchev–Trinajstić information content (AvgIpc) is 3.22. The van der Waals surface area contributed by atoms with Gasteiger partial charge in [-0.15, -0.1) is 0 Å². The minimum Gasteiger partial charge on any atom is -0.493 e. The Labute approximate surface area is 147 Å². The lowest BCUT2D eigenvalue weighted by Crippen LogP contribution is -2.39. The van der Waals surface area contributed by atoms with E-state index in [0.29, 0.717) is 24.5 Å². The lowest BCUT2D eigenvalue weighted by molar-refractivity contribution is -0.132. The van der Waals surface area contributed by atoms with Crippen LogP contribution in [0.15, 0.2) is 18.2 Å². The molecule has 1 aromatic carbocycles. The van der Waals surface area contributed by atoms with Gasteiger partial charge in [-0.3, -0.25) is 9.48 Å². The molecule has 1 amide bonds. The molecular weight excluding hydrogens is 318 g/mol. The van der Waals surface area contributed by atoms with Gasteiger partial charge in [-0.1, -0.05) is 6.07 Å². The van der Waals surface area contributed by atoms with Crippen LogP contribution in [0.4, 0.5) is 0 Å². The second-order valence-corrected chi connectivity index (χ2v) is 6.63. The Balaban J connectivity index is 1.48. The van der Waals surface area contributed by atoms with E-state index in [1.807, 2.05) is 23.1 Å². The summed E-state index contributed by atoms with van der Waals surface area (Å²) in [6, 6.07) is 5.65. The number of ether oxygens (including phenoxy) is 2. The molecule has 4 rings (SSSR count). The predicted molar refractivity (Wildman–Crippen MR) is 92.9 cm³/mol. The highest BCUT2D eigenvalue weighted by molar-refractivity contribution is 5.79. The number of rotatable bonds is 4. The van der Waals surface area contributed by atoms with E-state index in [9.17, 15) is 4.79 Å². The van der Waals surface area contributed by atoms with Crippen LogP contribution in [0.3, 0.4) is 0 Å². The molecule has 132 valence electrons. The van der Waals surface area contributed by atoms with Gasteiger partial charge in [-0.2, -0.15) is 5.10 Å². The third-order valence-electron chi connectivity index (χ3n) is 5.17. The molecule has 0 spiro atoms. The number of fused-ring (bicyclic) bond motifs is 3. The van der Waals surface area contributed by atoms with Crippen molar-refractivity contribution in [3.63, 3.8) is 0 Å². The molecule has 1 aliphatic heterocycles. The number of benzene rings is 1. The number of aryl methyl sites for hydroxylation is 1. The average molecular weight is 341 g/mol. The molecule has 0 saturated heterocycles. The largest absolute Gasteiger partial charge is 0.493 e. The van der Waals surface area contributed by atoms with E-state index in [4.69, 9.17) is 14.6 Å². The number of carbonyl (C=O) groups is 1. The van der Waals surface area contributed by atoms with Gasteiger partial charge in [0.25, 0.3) is 0 Å². The monoisotopic (exact) mass is 341 g/mol. The molecule has 2 aliphatic rings. The highest BCUT2D eigenvalue weighted by Crippen LogP contribution is 2.29. The molecule has 0 N–H and O–H groups in total. The molecule has 0 bridgehead atoms. The van der Waals surface area contributed by atoms with Crippen LogP contribution in [0.5, 0.6) is 11.5 Å². The van der Waals surface area contributed by atoms with Crippen LogP contribution < -0.4 is 9.47 Å². The number of nitrogens with zero attached hydrogens (tertiary/aromatic N) is 3. The van der Waals surface area contributed by atoms with Crippen LogP contribution in [-0.2, 0) is 37.1 Å². The summed E-state index contributed by atoms with van der Waals surface area (Å²) in [5, 5.41) is 4.70. The van der Waals surface area contributed by atoms with Gasteiger partial charge in [0.1, 0.15) is 0 Å². The third-order valence-corrected chi connectivity index (χ3v) is 5.17. The van der Waals surface area contributed by atoms with Gasteiger partial charge in [0.15, 0.2) is 11.5 Å². The van der Waals surface area contributed by atoms with Crippen molar-refractivity contribution in [1.82, 2.24) is 14.7 Å². The lowest BCUT2D eigenvalue weighted by Gasteiger charge is -2.28. The van der Waals surface area contributed by atoms with Gasteiger partial charge in [-0.25, -0.2) is 0 Å². The standard InChI is InChI=1S/C19H23N3O3/c1-24-17-7-6-13(10-18(17)25-2)11-19(23)21-8-9-22-16(12-21)14-4-3-5-15(14)20-22/h6-7,10H,3-5,8-9,11-12H2,1-2H3. The van der Waals surface area contributed by atoms with Gasteiger partial charge in [0.2, 0.25) is 5.91 Å². The number of amides is 1. The zero-order valence-corrected chi connectivity index (χ0v) is 14.7. The molecule has 25 heavy (non-hydrogen) atoms. The summed E-state index contributed by atoms with van der Waals surface area (Å²) in [5.74, 6) is 1.48. The molecule has 2 aromatic rings. The Morgan fingerprint density at radius 3 is 2.80 bits per heavy atom. The maximum atomic E-state index is 12.8. The predicted octanol–water partition coefficient (Wildman–Crippen LogP) is 1.97. The molecule has 2 heterocycles. The van der Waals surface area contributed by atoms with E-state index in [0.717, 1.165) is 31.5 Å². The second-order valence-electron chi connectivity index (χ2n) is 6.63. The number of carbonyl (C=O) groups excluding carboxylic acids is 1. The SMILES string of the molecule is COc1ccc(CC(=O)N2CCn3nc4c(c3C2)CCC4)cc1OC. The van der Waals surface area contributed by atoms with Crippen molar-refractivity contribution in [3.8, 4) is 11.5 Å². The summed E-state index contributed by atoms with van der Waals surface area (Å²) in [5.41, 5.74) is 4.79. The minimum atomic E-state index is 0.145. The van der Waals surface area contributed by atoms with Crippen molar-refractivity contribution in [3.05, 3.63) is 40.7 Å². The van der Waals surface area contributed by atoms with E-state index in [1.54, 1.807) is 14.2 Å². The first-order chi connectivity index (χ1) is 12.2. The van der Waals surface area contributed by atoms with Gasteiger partial charge in [0, 0.05) is 6.54 Å². The first-order valence-electron chi connectivity index (χ1n) is 8.75. The van der Waals surface area contributed by atoms with E-state index in [-0.39, 0.29) is 5.91 Å². The van der Waals surface area contributed by atoms with Gasteiger partial charge >= 0.3 is 0 Å². The van der Waals surface area contributed by atoms with Crippen LogP contribution in [0.25, 0.3) is 0 Å². The number of methoxy groups -OCH3 is 2. The van der Waals surface area contributed by atoms with Crippen molar-refractivity contribution in [2.75, 3.05) is 20.8 Å². The van der Waals surface area contributed by atoms with Crippen LogP contribution in [0, 0.1) is 0 Å². The summed E-state index contributed by atoms with van der Waals surface area (Å²) in [7, 11) is 3.22. The second kappa shape index (κ2) is 6.43. The summed E-state index contributed by atoms with van der Waals surface area (Å²) in [4.78, 5) is 14.7. The van der Waals surface area contributed by atoms with Gasteiger partial charge in [-0.05, 0) is 42.5 Å². The Morgan fingerprint density at radius 2 is 2.00 bits per heavy atom. The molecule has 1 aromatic heterocycles. The molecule has 0 atom stereocenters. The van der Waals surface area contributed by atoms with Crippen LogP contribution in [-0.4, -0.2) is 41.4 Å². The smallest absolute Gasteiger partial charge is 0.227 e. The van der Waals surface area contributed by atoms with E-state index in [2.05, 4.69) is 4.68 Å². The van der Waals surface area contributed by atoms with E-state index < -0.39 is 0 Å². The topological polar surface area (TPSA) is 56.6 Å². The summed E-state index contributed by atoms with van der Waals surface area (Å²) >= 11 is 0. The lowest BCUT2D eigenvalue weighted by atomic mass is 10.1. The van der Waals surface area contributed by atoms with Gasteiger partial charge in [0.05, 0.1) is 45.1 Å². The quantitative estimate of drug-likeness (QED) is 0.853. The van der Waals surface area contributed by atoms with Gasteiger partial charge < -0.3 is 14.4 Å². The Morgan fingerprint density at radius 1 is 1.16 bits per heavy atom. The summed E-state index contributed by atoms with van der Waals surface area (Å²) < 4.78 is 12.7. The summed E-state index contributed by atoms with van der Waals surface area (Å²) in [6.07, 6.45) is 3.74. The fourth-order valence-corrected chi connectivity index (χ4v) is 3.84. The van der Waals surface area contributed by atoms with Crippen LogP contribution in [0.2, 0.25) is 0 Å². The molecule has 6 nitrogen and oxygen atoms in total. The van der Waals surface area contributed by atoms with Crippen molar-refractivity contribution < 1.29 is 14.3 Å². The van der Waals surface area contributed by atoms with Crippen molar-refractivity contribution >= 4 is 5.91 Å². The molecular formula is C19H23N3O3. The van der Waals surface area contributed by atoms with E-state index in [1.165, 1.54) is 23.4 Å². The Hall–Kier alpha value is -2.50. The summed E-state index contributed by atoms with van der Waals surface area (Å²) in [6.45, 7) is 2.19. The normalized spacial score (nSPS) is 15.7. The fraction of sp³-hybridized carbons (Fsp3) is 0.474. The van der Waals surface area contributed by atoms with Crippen molar-refractivity contribution in [1.29, 1.82) is 0 Å². The molecule has 6 heteroatoms. The molecule has 0 saturated carbocycles. The van der Waals surface area contributed by atoms with Crippen molar-refractivity contribution in [2.45, 2.75) is 38.8 Å². The highest BCUT2D eigenvalue weighted by atomic mass is 16.5. The van der Waals surface area contributed by atoms with Crippen LogP contribution in [0.1, 0.15) is 28.9 Å². The highest BCUT2D eigenvalue weighted by Gasteiger charge is 2.28. The Kier molecular flexibility index (Phi) is 4.11. The fourth-order valence-electron chi connectivity index (χ4n) is 3.84. The number of aromatic nitrogens is 2. The van der Waals surface area contributed by atoms with Crippen molar-refractivity contribution in [2.24, 2.45) is 0 Å². The first-order valence-corrected chi connectivity index (χ1v) is 8.75. The van der Waals surface area contributed by atoms with E-state index >= 15 is 0 Å². The minimum absolute atomic E-state index is 0.145. The maximum Gasteiger partial charge on any atom is 0.227 e. The first kappa shape index (κ1) is 16.0. The zero-order valence-electron chi connectivity index (χ0n) is 14.7. The maximum absolute atomic E-state index is 12.8. The molecule has 1 aliphatic carbocycles. The molecule has 0 radical (unpaired) electrons. The number of hydrogen-bond acceptors (Lipinski definition) is 4. The number of hydrogen-bond donors (Lipinski definition) is 0.